The highest BCUT2D eigenvalue weighted by atomic mass is 14.8. The summed E-state index contributed by atoms with van der Waals surface area (Å²) in [6.45, 7) is 2.25. The molecule has 2 aliphatic rings. The third-order valence-electron chi connectivity index (χ3n) is 9.42. The molecule has 1 nitrogen and oxygen atoms in total. The SMILES string of the molecule is C/C1=C(c2cccc(-c3ccc4c5c(c6ccccc6c4c3)CCC=C5)c2)/N=C(c2ccccc2)/C=C(/c2ccccc2)CC1. The molecule has 0 bridgehead atoms. The minimum atomic E-state index is 0.965. The Morgan fingerprint density at radius 1 is 0.511 bits per heavy atom. The number of aliphatic imine (C=N–C) groups is 1. The number of aryl methyl sites for hydroxylation is 1. The standard InChI is InChI=1S/C44H35N/c1-30-23-24-35(31-13-4-2-5-14-31)29-43(32-15-6-3-7-16-32)45-44(30)36-18-12-17-33(27-36)34-25-26-41-39-21-9-8-19-37(39)38-20-10-11-22-40(38)42(41)28-34/h2-7,9-18,20-22,25-29H,8,19,23-24H2,1H3/b35-29+,44-30-,45-43-. The van der Waals surface area contributed by atoms with E-state index in [1.807, 2.05) is 0 Å². The summed E-state index contributed by atoms with van der Waals surface area (Å²) in [7, 11) is 0. The zero-order valence-corrected chi connectivity index (χ0v) is 25.6. The quantitative estimate of drug-likeness (QED) is 0.185. The smallest absolute Gasteiger partial charge is 0.0712 e. The normalized spacial score (nSPS) is 18.9. The van der Waals surface area contributed by atoms with Crippen molar-refractivity contribution in [1.29, 1.82) is 0 Å². The van der Waals surface area contributed by atoms with E-state index in [2.05, 4.69) is 153 Å². The summed E-state index contributed by atoms with van der Waals surface area (Å²) >= 11 is 0. The van der Waals surface area contributed by atoms with Crippen LogP contribution < -0.4 is 0 Å². The average molecular weight is 578 g/mol. The van der Waals surface area contributed by atoms with Gasteiger partial charge in [0.2, 0.25) is 0 Å². The van der Waals surface area contributed by atoms with Crippen molar-refractivity contribution in [3.8, 4) is 11.1 Å². The van der Waals surface area contributed by atoms with Crippen LogP contribution in [0, 0.1) is 0 Å². The maximum Gasteiger partial charge on any atom is 0.0712 e. The van der Waals surface area contributed by atoms with Gasteiger partial charge < -0.3 is 0 Å². The van der Waals surface area contributed by atoms with Gasteiger partial charge in [-0.25, -0.2) is 4.99 Å². The number of benzene rings is 6. The molecule has 1 aliphatic heterocycles. The van der Waals surface area contributed by atoms with E-state index in [1.165, 1.54) is 60.5 Å². The molecule has 0 fully saturated rings. The molecule has 0 atom stereocenters. The number of hydrogen-bond donors (Lipinski definition) is 0. The van der Waals surface area contributed by atoms with Crippen molar-refractivity contribution in [2.75, 3.05) is 0 Å². The molecule has 0 saturated heterocycles. The summed E-state index contributed by atoms with van der Waals surface area (Å²) in [6, 6.07) is 46.2. The molecule has 1 heteroatoms. The van der Waals surface area contributed by atoms with Crippen LogP contribution >= 0.6 is 0 Å². The molecule has 216 valence electrons. The molecule has 6 aromatic carbocycles. The molecule has 0 amide bonds. The fourth-order valence-corrected chi connectivity index (χ4v) is 7.08. The van der Waals surface area contributed by atoms with Crippen LogP contribution in [0.3, 0.4) is 0 Å². The summed E-state index contributed by atoms with van der Waals surface area (Å²) in [5.41, 5.74) is 13.6. The number of fused-ring (bicyclic) bond motifs is 6. The van der Waals surface area contributed by atoms with Gasteiger partial charge in [0.1, 0.15) is 0 Å². The molecule has 0 saturated carbocycles. The van der Waals surface area contributed by atoms with Crippen LogP contribution in [0.15, 0.2) is 150 Å². The summed E-state index contributed by atoms with van der Waals surface area (Å²) in [5.74, 6) is 0. The van der Waals surface area contributed by atoms with Gasteiger partial charge in [-0.1, -0.05) is 127 Å². The first-order valence-corrected chi connectivity index (χ1v) is 16.1. The Bertz CT molecular complexity index is 2190. The van der Waals surface area contributed by atoms with Crippen molar-refractivity contribution in [3.05, 3.63) is 173 Å². The lowest BCUT2D eigenvalue weighted by Crippen LogP contribution is -2.04. The Morgan fingerprint density at radius 3 is 2.02 bits per heavy atom. The van der Waals surface area contributed by atoms with Crippen LogP contribution in [-0.4, -0.2) is 5.71 Å². The summed E-state index contributed by atoms with van der Waals surface area (Å²) in [5, 5.41) is 5.40. The molecule has 1 heterocycles. The van der Waals surface area contributed by atoms with Crippen LogP contribution in [0.5, 0.6) is 0 Å². The Kier molecular flexibility index (Phi) is 7.08. The van der Waals surface area contributed by atoms with Gasteiger partial charge in [0.25, 0.3) is 0 Å². The number of nitrogens with zero attached hydrogens (tertiary/aromatic N) is 1. The number of allylic oxidation sites excluding steroid dienone is 4. The number of rotatable bonds is 4. The monoisotopic (exact) mass is 577 g/mol. The molecule has 0 N–H and O–H groups in total. The highest BCUT2D eigenvalue weighted by Gasteiger charge is 2.17. The summed E-state index contributed by atoms with van der Waals surface area (Å²) in [4.78, 5) is 5.42. The third kappa shape index (κ3) is 5.15. The first kappa shape index (κ1) is 27.3. The molecule has 45 heavy (non-hydrogen) atoms. The van der Waals surface area contributed by atoms with Crippen molar-refractivity contribution in [2.24, 2.45) is 4.99 Å². The topological polar surface area (TPSA) is 12.4 Å². The molecular formula is C44H35N. The zero-order chi connectivity index (χ0) is 30.2. The number of hydrogen-bond acceptors (Lipinski definition) is 1. The summed E-state index contributed by atoms with van der Waals surface area (Å²) < 4.78 is 0. The van der Waals surface area contributed by atoms with E-state index < -0.39 is 0 Å². The third-order valence-corrected chi connectivity index (χ3v) is 9.42. The van der Waals surface area contributed by atoms with Gasteiger partial charge in [0.15, 0.2) is 0 Å². The average Bonchev–Trinajstić information content (AvgIpc) is 3.11. The molecule has 1 aliphatic carbocycles. The highest BCUT2D eigenvalue weighted by Crippen LogP contribution is 2.39. The van der Waals surface area contributed by atoms with Crippen LogP contribution in [0.25, 0.3) is 50.0 Å². The second kappa shape index (κ2) is 11.7. The molecular weight excluding hydrogens is 542 g/mol. The van der Waals surface area contributed by atoms with Gasteiger partial charge in [-0.3, -0.25) is 0 Å². The molecule has 0 spiro atoms. The second-order valence-electron chi connectivity index (χ2n) is 12.2. The van der Waals surface area contributed by atoms with Gasteiger partial charge in [-0.15, -0.1) is 0 Å². The van der Waals surface area contributed by atoms with E-state index >= 15 is 0 Å². The largest absolute Gasteiger partial charge is 0.248 e. The zero-order valence-electron chi connectivity index (χ0n) is 25.6. The van der Waals surface area contributed by atoms with E-state index in [4.69, 9.17) is 4.99 Å². The van der Waals surface area contributed by atoms with E-state index in [9.17, 15) is 0 Å². The van der Waals surface area contributed by atoms with Gasteiger partial charge in [-0.2, -0.15) is 0 Å². The Labute approximate surface area is 265 Å². The first-order chi connectivity index (χ1) is 22.2. The van der Waals surface area contributed by atoms with Crippen molar-refractivity contribution in [1.82, 2.24) is 0 Å². The maximum atomic E-state index is 5.42. The molecule has 0 aromatic heterocycles. The fraction of sp³-hybridized carbons (Fsp3) is 0.114. The lowest BCUT2D eigenvalue weighted by molar-refractivity contribution is 0.988. The van der Waals surface area contributed by atoms with E-state index in [-0.39, 0.29) is 0 Å². The Balaban J connectivity index is 1.25. The van der Waals surface area contributed by atoms with Crippen LogP contribution in [0.4, 0.5) is 0 Å². The van der Waals surface area contributed by atoms with Gasteiger partial charge >= 0.3 is 0 Å². The first-order valence-electron chi connectivity index (χ1n) is 16.1. The second-order valence-corrected chi connectivity index (χ2v) is 12.2. The van der Waals surface area contributed by atoms with Crippen molar-refractivity contribution < 1.29 is 0 Å². The highest BCUT2D eigenvalue weighted by molar-refractivity contribution is 6.15. The fourth-order valence-electron chi connectivity index (χ4n) is 7.08. The van der Waals surface area contributed by atoms with Crippen molar-refractivity contribution in [2.45, 2.75) is 32.6 Å². The summed E-state index contributed by atoms with van der Waals surface area (Å²) in [6.07, 6.45) is 11.1. The predicted molar refractivity (Wildman–Crippen MR) is 193 cm³/mol. The molecule has 0 unspecified atom stereocenters. The lowest BCUT2D eigenvalue weighted by atomic mass is 9.85. The Hall–Kier alpha value is -5.27. The van der Waals surface area contributed by atoms with Crippen LogP contribution in [0.1, 0.15) is 54.0 Å². The van der Waals surface area contributed by atoms with Gasteiger partial charge in [0, 0.05) is 11.1 Å². The van der Waals surface area contributed by atoms with Gasteiger partial charge in [0.05, 0.1) is 11.4 Å². The molecule has 6 aromatic rings. The van der Waals surface area contributed by atoms with E-state index in [0.717, 1.165) is 48.2 Å². The lowest BCUT2D eigenvalue weighted by Gasteiger charge is -2.19. The van der Waals surface area contributed by atoms with E-state index in [0.29, 0.717) is 0 Å². The maximum absolute atomic E-state index is 5.42. The van der Waals surface area contributed by atoms with E-state index in [1.54, 1.807) is 0 Å². The molecule has 0 radical (unpaired) electrons. The van der Waals surface area contributed by atoms with Crippen LogP contribution in [0.2, 0.25) is 0 Å². The van der Waals surface area contributed by atoms with Crippen molar-refractivity contribution in [3.63, 3.8) is 0 Å². The van der Waals surface area contributed by atoms with Gasteiger partial charge in [-0.05, 0) is 111 Å². The van der Waals surface area contributed by atoms with Crippen LogP contribution in [-0.2, 0) is 6.42 Å². The molecule has 8 rings (SSSR count). The Morgan fingerprint density at radius 2 is 1.20 bits per heavy atom. The minimum absolute atomic E-state index is 0.965. The van der Waals surface area contributed by atoms with Crippen molar-refractivity contribution >= 4 is 44.6 Å². The minimum Gasteiger partial charge on any atom is -0.248 e. The predicted octanol–water partition coefficient (Wildman–Crippen LogP) is 11.7.